The van der Waals surface area contributed by atoms with Gasteiger partial charge in [0.15, 0.2) is 11.0 Å². The Kier molecular flexibility index (Phi) is 5.42. The van der Waals surface area contributed by atoms with Crippen molar-refractivity contribution >= 4 is 34.4 Å². The van der Waals surface area contributed by atoms with Crippen LogP contribution in [0.2, 0.25) is 5.02 Å². The van der Waals surface area contributed by atoms with E-state index in [4.69, 9.17) is 25.8 Å². The van der Waals surface area contributed by atoms with Crippen LogP contribution in [0.25, 0.3) is 22.5 Å². The molecule has 0 amide bonds. The summed E-state index contributed by atoms with van der Waals surface area (Å²) in [5.74, 6) is 1.56. The SMILES string of the molecule is COCCn1c(SCc2noc(-c3ccccc3Cl)n2)nc2ccccc21. The Hall–Kier alpha value is -2.35. The lowest BCUT2D eigenvalue weighted by atomic mass is 10.2. The van der Waals surface area contributed by atoms with E-state index in [0.29, 0.717) is 29.1 Å². The second-order valence-corrected chi connectivity index (χ2v) is 7.16. The van der Waals surface area contributed by atoms with E-state index < -0.39 is 0 Å². The number of hydrogen-bond donors (Lipinski definition) is 0. The summed E-state index contributed by atoms with van der Waals surface area (Å²) in [4.78, 5) is 9.18. The molecule has 27 heavy (non-hydrogen) atoms. The molecule has 0 saturated heterocycles. The predicted molar refractivity (Wildman–Crippen MR) is 106 cm³/mol. The minimum atomic E-state index is 0.420. The number of ether oxygens (including phenoxy) is 1. The summed E-state index contributed by atoms with van der Waals surface area (Å²) < 4.78 is 12.8. The minimum absolute atomic E-state index is 0.420. The van der Waals surface area contributed by atoms with Gasteiger partial charge in [-0.25, -0.2) is 4.98 Å². The number of methoxy groups -OCH3 is 1. The third kappa shape index (κ3) is 3.85. The molecule has 0 aliphatic carbocycles. The maximum absolute atomic E-state index is 6.20. The van der Waals surface area contributed by atoms with Crippen molar-refractivity contribution in [1.29, 1.82) is 0 Å². The monoisotopic (exact) mass is 400 g/mol. The number of nitrogens with zero attached hydrogens (tertiary/aromatic N) is 4. The van der Waals surface area contributed by atoms with E-state index in [1.807, 2.05) is 36.4 Å². The van der Waals surface area contributed by atoms with Crippen LogP contribution in [0.15, 0.2) is 58.2 Å². The van der Waals surface area contributed by atoms with E-state index in [0.717, 1.165) is 28.3 Å². The Labute approximate surface area is 165 Å². The predicted octanol–water partition coefficient (Wildman–Crippen LogP) is 4.68. The van der Waals surface area contributed by atoms with Gasteiger partial charge in [0.05, 0.1) is 34.0 Å². The van der Waals surface area contributed by atoms with Crippen molar-refractivity contribution < 1.29 is 9.26 Å². The van der Waals surface area contributed by atoms with Gasteiger partial charge in [-0.2, -0.15) is 4.98 Å². The molecule has 0 fully saturated rings. The Balaban J connectivity index is 1.55. The van der Waals surface area contributed by atoms with Crippen molar-refractivity contribution in [3.8, 4) is 11.5 Å². The molecule has 6 nitrogen and oxygen atoms in total. The highest BCUT2D eigenvalue weighted by Gasteiger charge is 2.15. The fourth-order valence-corrected chi connectivity index (χ4v) is 3.85. The highest BCUT2D eigenvalue weighted by atomic mass is 35.5. The molecule has 0 aliphatic heterocycles. The number of hydrogen-bond acceptors (Lipinski definition) is 6. The maximum Gasteiger partial charge on any atom is 0.259 e. The van der Waals surface area contributed by atoms with Crippen molar-refractivity contribution in [1.82, 2.24) is 19.7 Å². The topological polar surface area (TPSA) is 66.0 Å². The molecule has 0 unspecified atom stereocenters. The van der Waals surface area contributed by atoms with Crippen LogP contribution in [0.4, 0.5) is 0 Å². The highest BCUT2D eigenvalue weighted by Crippen LogP contribution is 2.29. The number of fused-ring (bicyclic) bond motifs is 1. The highest BCUT2D eigenvalue weighted by molar-refractivity contribution is 7.98. The molecular formula is C19H17ClN4O2S. The van der Waals surface area contributed by atoms with E-state index in [9.17, 15) is 0 Å². The van der Waals surface area contributed by atoms with Crippen molar-refractivity contribution in [2.24, 2.45) is 0 Å². The molecule has 0 N–H and O–H groups in total. The van der Waals surface area contributed by atoms with Crippen LogP contribution in [-0.4, -0.2) is 33.4 Å². The Bertz CT molecular complexity index is 1060. The second kappa shape index (κ2) is 8.12. The fraction of sp³-hybridized carbons (Fsp3) is 0.211. The lowest BCUT2D eigenvalue weighted by Gasteiger charge is -2.07. The van der Waals surface area contributed by atoms with Gasteiger partial charge in [0.25, 0.3) is 5.89 Å². The van der Waals surface area contributed by atoms with E-state index in [1.165, 1.54) is 0 Å². The third-order valence-corrected chi connectivity index (χ3v) is 5.34. The second-order valence-electron chi connectivity index (χ2n) is 5.81. The summed E-state index contributed by atoms with van der Waals surface area (Å²) in [7, 11) is 1.70. The Morgan fingerprint density at radius 1 is 1.11 bits per heavy atom. The summed E-state index contributed by atoms with van der Waals surface area (Å²) in [6, 6.07) is 15.5. The summed E-state index contributed by atoms with van der Waals surface area (Å²) in [5.41, 5.74) is 2.78. The number of benzene rings is 2. The standard InChI is InChI=1S/C19H17ClN4O2S/c1-25-11-10-24-16-9-5-4-8-15(16)21-19(24)27-12-17-22-18(26-23-17)13-6-2-3-7-14(13)20/h2-9H,10-12H2,1H3. The average molecular weight is 401 g/mol. The van der Waals surface area contributed by atoms with Gasteiger partial charge in [-0.15, -0.1) is 0 Å². The normalized spacial score (nSPS) is 11.3. The molecule has 0 radical (unpaired) electrons. The van der Waals surface area contributed by atoms with E-state index in [2.05, 4.69) is 20.8 Å². The van der Waals surface area contributed by atoms with E-state index in [-0.39, 0.29) is 0 Å². The van der Waals surface area contributed by atoms with Crippen LogP contribution < -0.4 is 0 Å². The third-order valence-electron chi connectivity index (χ3n) is 4.04. The first-order valence-corrected chi connectivity index (χ1v) is 9.77. The van der Waals surface area contributed by atoms with Gasteiger partial charge in [0, 0.05) is 13.7 Å². The zero-order valence-electron chi connectivity index (χ0n) is 14.6. The van der Waals surface area contributed by atoms with Gasteiger partial charge in [0.1, 0.15) is 0 Å². The molecule has 2 heterocycles. The molecule has 2 aromatic carbocycles. The van der Waals surface area contributed by atoms with Crippen molar-refractivity contribution in [2.45, 2.75) is 17.5 Å². The molecule has 0 bridgehead atoms. The van der Waals surface area contributed by atoms with Crippen LogP contribution in [-0.2, 0) is 17.0 Å². The minimum Gasteiger partial charge on any atom is -0.383 e. The smallest absolute Gasteiger partial charge is 0.259 e. The van der Waals surface area contributed by atoms with E-state index >= 15 is 0 Å². The largest absolute Gasteiger partial charge is 0.383 e. The average Bonchev–Trinajstić information content (AvgIpc) is 3.29. The molecule has 8 heteroatoms. The fourth-order valence-electron chi connectivity index (χ4n) is 2.75. The summed E-state index contributed by atoms with van der Waals surface area (Å²) in [6.45, 7) is 1.35. The molecule has 4 aromatic rings. The zero-order valence-corrected chi connectivity index (χ0v) is 16.2. The first kappa shape index (κ1) is 18.0. The number of thioether (sulfide) groups is 1. The lowest BCUT2D eigenvalue weighted by Crippen LogP contribution is -2.05. The van der Waals surface area contributed by atoms with Crippen molar-refractivity contribution in [3.05, 3.63) is 59.4 Å². The van der Waals surface area contributed by atoms with Gasteiger partial charge >= 0.3 is 0 Å². The summed E-state index contributed by atoms with van der Waals surface area (Å²) >= 11 is 7.76. The zero-order chi connectivity index (χ0) is 18.6. The number of halogens is 1. The first-order chi connectivity index (χ1) is 13.3. The van der Waals surface area contributed by atoms with Crippen LogP contribution in [0.1, 0.15) is 5.82 Å². The quantitative estimate of drug-likeness (QED) is 0.420. The van der Waals surface area contributed by atoms with Crippen LogP contribution in [0, 0.1) is 0 Å². The molecule has 0 aliphatic rings. The van der Waals surface area contributed by atoms with Crippen LogP contribution in [0.3, 0.4) is 0 Å². The Morgan fingerprint density at radius 2 is 1.93 bits per heavy atom. The van der Waals surface area contributed by atoms with Crippen LogP contribution in [0.5, 0.6) is 0 Å². The maximum atomic E-state index is 6.20. The molecule has 4 rings (SSSR count). The number of rotatable bonds is 7. The number of imidazole rings is 1. The molecule has 0 saturated carbocycles. The Morgan fingerprint density at radius 3 is 2.78 bits per heavy atom. The van der Waals surface area contributed by atoms with Crippen LogP contribution >= 0.6 is 23.4 Å². The van der Waals surface area contributed by atoms with Crippen molar-refractivity contribution in [3.63, 3.8) is 0 Å². The first-order valence-electron chi connectivity index (χ1n) is 8.41. The molecule has 138 valence electrons. The van der Waals surface area contributed by atoms with Gasteiger partial charge in [-0.05, 0) is 24.3 Å². The molecule has 0 spiro atoms. The molecule has 2 aromatic heterocycles. The summed E-state index contributed by atoms with van der Waals surface area (Å²) in [6.07, 6.45) is 0. The van der Waals surface area contributed by atoms with Gasteiger partial charge in [-0.1, -0.05) is 52.8 Å². The van der Waals surface area contributed by atoms with E-state index in [1.54, 1.807) is 24.9 Å². The number of para-hydroxylation sites is 2. The molecular weight excluding hydrogens is 384 g/mol. The molecule has 0 atom stereocenters. The van der Waals surface area contributed by atoms with Gasteiger partial charge in [-0.3, -0.25) is 0 Å². The van der Waals surface area contributed by atoms with Crippen molar-refractivity contribution in [2.75, 3.05) is 13.7 Å². The lowest BCUT2D eigenvalue weighted by molar-refractivity contribution is 0.186. The van der Waals surface area contributed by atoms with Gasteiger partial charge in [0.2, 0.25) is 0 Å². The number of aromatic nitrogens is 4. The van der Waals surface area contributed by atoms with Gasteiger partial charge < -0.3 is 13.8 Å². The summed E-state index contributed by atoms with van der Waals surface area (Å²) in [5, 5.41) is 5.55.